The molecule has 7 nitrogen and oxygen atoms in total. The minimum atomic E-state index is -0.261. The van der Waals surface area contributed by atoms with E-state index in [1.165, 1.54) is 0 Å². The molecule has 1 aliphatic heterocycles. The van der Waals surface area contributed by atoms with E-state index in [0.717, 1.165) is 31.9 Å². The number of piperazine rings is 1. The molecule has 0 saturated carbocycles. The Balaban J connectivity index is 1.85. The smallest absolute Gasteiger partial charge is 0.280 e. The summed E-state index contributed by atoms with van der Waals surface area (Å²) in [4.78, 5) is 6.83. The third kappa shape index (κ3) is 2.34. The number of aromatic nitrogens is 3. The zero-order valence-electron chi connectivity index (χ0n) is 12.0. The summed E-state index contributed by atoms with van der Waals surface area (Å²) in [6.45, 7) is 9.97. The second kappa shape index (κ2) is 4.99. The predicted octanol–water partition coefficient (Wildman–Crippen LogP) is 1.17. The van der Waals surface area contributed by atoms with Crippen molar-refractivity contribution < 1.29 is 9.05 Å². The van der Waals surface area contributed by atoms with Gasteiger partial charge in [-0.3, -0.25) is 4.90 Å². The van der Waals surface area contributed by atoms with E-state index in [0.29, 0.717) is 17.4 Å². The highest BCUT2D eigenvalue weighted by Crippen LogP contribution is 2.27. The molecule has 7 heteroatoms. The van der Waals surface area contributed by atoms with Crippen LogP contribution in [0.3, 0.4) is 0 Å². The maximum absolute atomic E-state index is 5.32. The van der Waals surface area contributed by atoms with Crippen LogP contribution in [0.15, 0.2) is 15.1 Å². The van der Waals surface area contributed by atoms with Crippen molar-refractivity contribution in [1.29, 1.82) is 0 Å². The number of nitrogens with one attached hydrogen (secondary N) is 1. The normalized spacial score (nSPS) is 17.6. The Kier molecular flexibility index (Phi) is 3.31. The van der Waals surface area contributed by atoms with Gasteiger partial charge in [0.25, 0.3) is 5.89 Å². The quantitative estimate of drug-likeness (QED) is 0.902. The molecular weight excluding hydrogens is 258 g/mol. The van der Waals surface area contributed by atoms with E-state index in [4.69, 9.17) is 9.05 Å². The van der Waals surface area contributed by atoms with Gasteiger partial charge in [0.15, 0.2) is 11.5 Å². The molecule has 2 aromatic rings. The van der Waals surface area contributed by atoms with Crippen molar-refractivity contribution in [2.75, 3.05) is 26.2 Å². The highest BCUT2D eigenvalue weighted by molar-refractivity contribution is 5.45. The first kappa shape index (κ1) is 13.3. The second-order valence-corrected chi connectivity index (χ2v) is 5.54. The number of aryl methyl sites for hydroxylation is 1. The van der Waals surface area contributed by atoms with Crippen LogP contribution in [-0.2, 0) is 5.54 Å². The van der Waals surface area contributed by atoms with E-state index in [2.05, 4.69) is 39.4 Å². The molecule has 0 atom stereocenters. The average Bonchev–Trinajstić information content (AvgIpc) is 3.08. The fourth-order valence-corrected chi connectivity index (χ4v) is 2.41. The van der Waals surface area contributed by atoms with E-state index >= 15 is 0 Å². The van der Waals surface area contributed by atoms with Gasteiger partial charge >= 0.3 is 0 Å². The molecule has 1 N–H and O–H groups in total. The van der Waals surface area contributed by atoms with Crippen molar-refractivity contribution >= 4 is 0 Å². The Morgan fingerprint density at radius 2 is 1.95 bits per heavy atom. The molecule has 0 amide bonds. The molecule has 2 aromatic heterocycles. The lowest BCUT2D eigenvalue weighted by Crippen LogP contribution is -2.52. The molecule has 1 saturated heterocycles. The highest BCUT2D eigenvalue weighted by atomic mass is 16.5. The third-order valence-corrected chi connectivity index (χ3v) is 3.73. The fourth-order valence-electron chi connectivity index (χ4n) is 2.41. The van der Waals surface area contributed by atoms with Crippen LogP contribution in [0.4, 0.5) is 0 Å². The van der Waals surface area contributed by atoms with Crippen molar-refractivity contribution in [3.63, 3.8) is 0 Å². The Morgan fingerprint density at radius 1 is 1.20 bits per heavy atom. The molecule has 0 spiro atoms. The lowest BCUT2D eigenvalue weighted by Gasteiger charge is -2.38. The lowest BCUT2D eigenvalue weighted by atomic mass is 10.0. The van der Waals surface area contributed by atoms with Gasteiger partial charge in [-0.1, -0.05) is 10.3 Å². The van der Waals surface area contributed by atoms with Gasteiger partial charge in [0.1, 0.15) is 5.76 Å². The van der Waals surface area contributed by atoms with Crippen LogP contribution in [-0.4, -0.2) is 46.4 Å². The highest BCUT2D eigenvalue weighted by Gasteiger charge is 2.34. The topological polar surface area (TPSA) is 80.2 Å². The van der Waals surface area contributed by atoms with Crippen molar-refractivity contribution in [3.05, 3.63) is 17.7 Å². The molecule has 0 bridgehead atoms. The molecule has 3 rings (SSSR count). The van der Waals surface area contributed by atoms with Crippen LogP contribution in [0, 0.1) is 6.92 Å². The second-order valence-electron chi connectivity index (χ2n) is 5.54. The standard InChI is InChI=1S/C13H19N5O2/c1-9-8-10(16-19-9)11-15-12(17-20-11)13(2,3)18-6-4-14-5-7-18/h8,14H,4-7H2,1-3H3. The molecule has 1 fully saturated rings. The van der Waals surface area contributed by atoms with Crippen molar-refractivity contribution in [3.8, 4) is 11.6 Å². The van der Waals surface area contributed by atoms with Gasteiger partial charge < -0.3 is 14.4 Å². The van der Waals surface area contributed by atoms with Gasteiger partial charge in [0.2, 0.25) is 0 Å². The summed E-state index contributed by atoms with van der Waals surface area (Å²) in [7, 11) is 0. The Bertz CT molecular complexity index is 583. The number of hydrogen-bond acceptors (Lipinski definition) is 7. The number of rotatable bonds is 3. The minimum Gasteiger partial charge on any atom is -0.361 e. The zero-order valence-corrected chi connectivity index (χ0v) is 12.0. The summed E-state index contributed by atoms with van der Waals surface area (Å²) >= 11 is 0. The third-order valence-electron chi connectivity index (χ3n) is 3.73. The average molecular weight is 277 g/mol. The Morgan fingerprint density at radius 3 is 2.60 bits per heavy atom. The van der Waals surface area contributed by atoms with E-state index in [-0.39, 0.29) is 5.54 Å². The fraction of sp³-hybridized carbons (Fsp3) is 0.615. The van der Waals surface area contributed by atoms with Crippen LogP contribution < -0.4 is 5.32 Å². The molecule has 20 heavy (non-hydrogen) atoms. The van der Waals surface area contributed by atoms with E-state index in [9.17, 15) is 0 Å². The summed E-state index contributed by atoms with van der Waals surface area (Å²) in [5.41, 5.74) is 0.320. The summed E-state index contributed by atoms with van der Waals surface area (Å²) < 4.78 is 10.3. The van der Waals surface area contributed by atoms with Gasteiger partial charge in [0, 0.05) is 32.2 Å². The predicted molar refractivity (Wildman–Crippen MR) is 72.0 cm³/mol. The minimum absolute atomic E-state index is 0.261. The zero-order chi connectivity index (χ0) is 14.2. The van der Waals surface area contributed by atoms with Crippen LogP contribution >= 0.6 is 0 Å². The largest absolute Gasteiger partial charge is 0.361 e. The van der Waals surface area contributed by atoms with Gasteiger partial charge in [-0.05, 0) is 20.8 Å². The summed E-state index contributed by atoms with van der Waals surface area (Å²) in [6, 6.07) is 1.79. The number of hydrogen-bond donors (Lipinski definition) is 1. The van der Waals surface area contributed by atoms with E-state index in [1.807, 2.05) is 6.92 Å². The first-order valence-electron chi connectivity index (χ1n) is 6.81. The van der Waals surface area contributed by atoms with Crippen molar-refractivity contribution in [2.45, 2.75) is 26.3 Å². The molecule has 0 radical (unpaired) electrons. The van der Waals surface area contributed by atoms with Crippen molar-refractivity contribution in [2.24, 2.45) is 0 Å². The van der Waals surface area contributed by atoms with E-state index < -0.39 is 0 Å². The molecule has 0 unspecified atom stereocenters. The van der Waals surface area contributed by atoms with Crippen LogP contribution in [0.25, 0.3) is 11.6 Å². The maximum Gasteiger partial charge on any atom is 0.280 e. The molecule has 0 aromatic carbocycles. The summed E-state index contributed by atoms with van der Waals surface area (Å²) in [5.74, 6) is 1.80. The van der Waals surface area contributed by atoms with E-state index in [1.54, 1.807) is 6.07 Å². The molecular formula is C13H19N5O2. The molecule has 3 heterocycles. The molecule has 1 aliphatic rings. The van der Waals surface area contributed by atoms with Gasteiger partial charge in [0.05, 0.1) is 5.54 Å². The SMILES string of the molecule is Cc1cc(-c2nc(C(C)(C)N3CCNCC3)no2)no1. The van der Waals surface area contributed by atoms with Crippen molar-refractivity contribution in [1.82, 2.24) is 25.5 Å². The lowest BCUT2D eigenvalue weighted by molar-refractivity contribution is 0.0925. The van der Waals surface area contributed by atoms with Crippen LogP contribution in [0.5, 0.6) is 0 Å². The van der Waals surface area contributed by atoms with Gasteiger partial charge in [-0.15, -0.1) is 0 Å². The van der Waals surface area contributed by atoms with Crippen LogP contribution in [0.2, 0.25) is 0 Å². The van der Waals surface area contributed by atoms with Crippen LogP contribution in [0.1, 0.15) is 25.4 Å². The summed E-state index contributed by atoms with van der Waals surface area (Å²) in [6.07, 6.45) is 0. The maximum atomic E-state index is 5.32. The summed E-state index contributed by atoms with van der Waals surface area (Å²) in [5, 5.41) is 11.4. The molecule has 108 valence electrons. The first-order chi connectivity index (χ1) is 9.57. The Hall–Kier alpha value is -1.73. The van der Waals surface area contributed by atoms with Gasteiger partial charge in [-0.25, -0.2) is 0 Å². The van der Waals surface area contributed by atoms with Gasteiger partial charge in [-0.2, -0.15) is 4.98 Å². The monoisotopic (exact) mass is 277 g/mol. The first-order valence-corrected chi connectivity index (χ1v) is 6.81. The molecule has 0 aliphatic carbocycles. The Labute approximate surface area is 117 Å². The number of nitrogens with zero attached hydrogens (tertiary/aromatic N) is 4.